The summed E-state index contributed by atoms with van der Waals surface area (Å²) in [5.41, 5.74) is 2.40. The summed E-state index contributed by atoms with van der Waals surface area (Å²) in [6.45, 7) is 3.09. The molecule has 35 heavy (non-hydrogen) atoms. The number of imidazole rings is 1. The average Bonchev–Trinajstić information content (AvgIpc) is 3.39. The first-order valence-corrected chi connectivity index (χ1v) is 12.1. The number of benzene rings is 3. The molecule has 0 unspecified atom stereocenters. The molecule has 3 aromatic carbocycles. The highest BCUT2D eigenvalue weighted by atomic mass is 32.1. The first kappa shape index (κ1) is 22.7. The van der Waals surface area contributed by atoms with E-state index in [2.05, 4.69) is 4.98 Å². The average molecular weight is 489 g/mol. The number of ether oxygens (including phenoxy) is 4. The lowest BCUT2D eigenvalue weighted by molar-refractivity contribution is 0.203. The normalized spacial score (nSPS) is 11.8. The highest BCUT2D eigenvalue weighted by Gasteiger charge is 2.12. The number of para-hydroxylation sites is 4. The van der Waals surface area contributed by atoms with E-state index in [1.165, 1.54) is 11.3 Å². The van der Waals surface area contributed by atoms with Crippen molar-refractivity contribution >= 4 is 33.4 Å². The molecule has 0 saturated heterocycles. The molecule has 0 aliphatic heterocycles. The lowest BCUT2D eigenvalue weighted by Crippen LogP contribution is -2.22. The number of nitrogens with zero attached hydrogens (tertiary/aromatic N) is 2. The standard InChI is InChI=1S/C27H24N2O5S/c1-3-32-24-16-18(12-13-23(24)34-15-14-33-22-11-7-6-10-21(22)31-2)17-25-26(30)29-20-9-5-4-8-19(20)28-27(29)35-25/h4-13,16-17H,3,14-15H2,1-2H3/b25-17-. The minimum Gasteiger partial charge on any atom is -0.493 e. The fraction of sp³-hybridized carbons (Fsp3) is 0.185. The molecular formula is C27H24N2O5S. The van der Waals surface area contributed by atoms with E-state index in [4.69, 9.17) is 18.9 Å². The van der Waals surface area contributed by atoms with Crippen LogP contribution in [0.2, 0.25) is 0 Å². The molecule has 5 rings (SSSR count). The van der Waals surface area contributed by atoms with Crippen molar-refractivity contribution in [3.63, 3.8) is 0 Å². The van der Waals surface area contributed by atoms with Gasteiger partial charge in [0.2, 0.25) is 0 Å². The van der Waals surface area contributed by atoms with Gasteiger partial charge in [0.05, 0.1) is 29.3 Å². The number of thiazole rings is 1. The Bertz CT molecular complexity index is 1590. The number of rotatable bonds is 9. The molecule has 0 spiro atoms. The van der Waals surface area contributed by atoms with Crippen molar-refractivity contribution in [1.29, 1.82) is 0 Å². The molecule has 7 nitrogen and oxygen atoms in total. The van der Waals surface area contributed by atoms with Crippen molar-refractivity contribution in [3.8, 4) is 23.0 Å². The number of hydrogen-bond acceptors (Lipinski definition) is 7. The van der Waals surface area contributed by atoms with Crippen LogP contribution in [0.15, 0.2) is 71.5 Å². The van der Waals surface area contributed by atoms with Crippen LogP contribution in [0.5, 0.6) is 23.0 Å². The van der Waals surface area contributed by atoms with E-state index >= 15 is 0 Å². The second-order valence-corrected chi connectivity index (χ2v) is 8.63. The van der Waals surface area contributed by atoms with Crippen molar-refractivity contribution in [3.05, 3.63) is 87.2 Å². The van der Waals surface area contributed by atoms with E-state index in [0.29, 0.717) is 52.3 Å². The van der Waals surface area contributed by atoms with Gasteiger partial charge in [0.1, 0.15) is 13.2 Å². The maximum absolute atomic E-state index is 13.0. The molecule has 5 aromatic rings. The first-order valence-electron chi connectivity index (χ1n) is 11.2. The van der Waals surface area contributed by atoms with E-state index < -0.39 is 0 Å². The number of fused-ring (bicyclic) bond motifs is 3. The third-order valence-corrected chi connectivity index (χ3v) is 6.35. The molecule has 2 heterocycles. The van der Waals surface area contributed by atoms with Crippen LogP contribution in [0.1, 0.15) is 12.5 Å². The second kappa shape index (κ2) is 10.1. The smallest absolute Gasteiger partial charge is 0.274 e. The summed E-state index contributed by atoms with van der Waals surface area (Å²) in [5, 5.41) is 0. The summed E-state index contributed by atoms with van der Waals surface area (Å²) in [6, 6.07) is 20.7. The molecule has 0 fully saturated rings. The Labute approximate surface area is 205 Å². The molecule has 2 aromatic heterocycles. The van der Waals surface area contributed by atoms with Crippen molar-refractivity contribution in [2.45, 2.75) is 6.92 Å². The molecule has 178 valence electrons. The third-order valence-electron chi connectivity index (χ3n) is 5.38. The monoisotopic (exact) mass is 488 g/mol. The van der Waals surface area contributed by atoms with Crippen LogP contribution in [0.4, 0.5) is 0 Å². The Morgan fingerprint density at radius 2 is 1.60 bits per heavy atom. The van der Waals surface area contributed by atoms with Crippen LogP contribution >= 0.6 is 11.3 Å². The maximum atomic E-state index is 13.0. The number of methoxy groups -OCH3 is 1. The number of hydrogen-bond donors (Lipinski definition) is 0. The van der Waals surface area contributed by atoms with Crippen LogP contribution in [0.25, 0.3) is 22.1 Å². The SMILES string of the molecule is CCOc1cc(/C=c2\sc3nc4ccccc4n3c2=O)ccc1OCCOc1ccccc1OC. The zero-order valence-electron chi connectivity index (χ0n) is 19.4. The van der Waals surface area contributed by atoms with Crippen LogP contribution in [0, 0.1) is 0 Å². The summed E-state index contributed by atoms with van der Waals surface area (Å²) in [7, 11) is 1.61. The Morgan fingerprint density at radius 1 is 0.886 bits per heavy atom. The molecule has 0 bridgehead atoms. The van der Waals surface area contributed by atoms with Gasteiger partial charge in [-0.3, -0.25) is 4.79 Å². The summed E-state index contributed by atoms with van der Waals surface area (Å²) in [6.07, 6.45) is 1.85. The van der Waals surface area contributed by atoms with E-state index in [9.17, 15) is 4.79 Å². The Balaban J connectivity index is 1.35. The molecule has 0 saturated carbocycles. The van der Waals surface area contributed by atoms with Gasteiger partial charge in [-0.2, -0.15) is 0 Å². The summed E-state index contributed by atoms with van der Waals surface area (Å²) >= 11 is 1.37. The topological polar surface area (TPSA) is 71.3 Å². The van der Waals surface area contributed by atoms with E-state index in [-0.39, 0.29) is 5.56 Å². The largest absolute Gasteiger partial charge is 0.493 e. The summed E-state index contributed by atoms with van der Waals surface area (Å²) in [5.74, 6) is 2.56. The fourth-order valence-electron chi connectivity index (χ4n) is 3.81. The highest BCUT2D eigenvalue weighted by Crippen LogP contribution is 2.29. The predicted octanol–water partition coefficient (Wildman–Crippen LogP) is 4.32. The minimum atomic E-state index is -0.0783. The Kier molecular flexibility index (Phi) is 6.54. The number of aromatic nitrogens is 2. The van der Waals surface area contributed by atoms with E-state index in [1.807, 2.05) is 79.7 Å². The van der Waals surface area contributed by atoms with Crippen molar-refractivity contribution < 1.29 is 18.9 Å². The van der Waals surface area contributed by atoms with Crippen LogP contribution < -0.4 is 29.0 Å². The maximum Gasteiger partial charge on any atom is 0.274 e. The van der Waals surface area contributed by atoms with Crippen LogP contribution in [0.3, 0.4) is 0 Å². The van der Waals surface area contributed by atoms with E-state index in [0.717, 1.165) is 16.6 Å². The van der Waals surface area contributed by atoms with Crippen molar-refractivity contribution in [2.24, 2.45) is 0 Å². The van der Waals surface area contributed by atoms with Crippen molar-refractivity contribution in [2.75, 3.05) is 26.9 Å². The summed E-state index contributed by atoms with van der Waals surface area (Å²) < 4.78 is 25.1. The van der Waals surface area contributed by atoms with Gasteiger partial charge in [0.15, 0.2) is 28.0 Å². The van der Waals surface area contributed by atoms with Crippen LogP contribution in [-0.2, 0) is 0 Å². The molecule has 0 aliphatic rings. The molecule has 0 atom stereocenters. The van der Waals surface area contributed by atoms with Gasteiger partial charge < -0.3 is 18.9 Å². The van der Waals surface area contributed by atoms with Gasteiger partial charge in [-0.1, -0.05) is 41.7 Å². The van der Waals surface area contributed by atoms with Gasteiger partial charge in [-0.15, -0.1) is 0 Å². The predicted molar refractivity (Wildman–Crippen MR) is 137 cm³/mol. The first-order chi connectivity index (χ1) is 17.2. The molecule has 0 radical (unpaired) electrons. The van der Waals surface area contributed by atoms with Gasteiger partial charge >= 0.3 is 0 Å². The quantitative estimate of drug-likeness (QED) is 0.288. The molecule has 0 aliphatic carbocycles. The molecule has 0 amide bonds. The van der Waals surface area contributed by atoms with Gasteiger partial charge in [0.25, 0.3) is 5.56 Å². The zero-order valence-corrected chi connectivity index (χ0v) is 20.2. The molecular weight excluding hydrogens is 464 g/mol. The van der Waals surface area contributed by atoms with Gasteiger partial charge in [-0.25, -0.2) is 9.38 Å². The van der Waals surface area contributed by atoms with Crippen molar-refractivity contribution in [1.82, 2.24) is 9.38 Å². The zero-order chi connectivity index (χ0) is 24.2. The summed E-state index contributed by atoms with van der Waals surface area (Å²) in [4.78, 5) is 18.3. The third kappa shape index (κ3) is 4.65. The Morgan fingerprint density at radius 3 is 2.37 bits per heavy atom. The second-order valence-electron chi connectivity index (χ2n) is 7.62. The highest BCUT2D eigenvalue weighted by molar-refractivity contribution is 7.15. The lowest BCUT2D eigenvalue weighted by atomic mass is 10.2. The lowest BCUT2D eigenvalue weighted by Gasteiger charge is -2.14. The fourth-order valence-corrected chi connectivity index (χ4v) is 4.79. The van der Waals surface area contributed by atoms with Gasteiger partial charge in [0, 0.05) is 0 Å². The minimum absolute atomic E-state index is 0.0783. The Hall–Kier alpha value is -4.04. The van der Waals surface area contributed by atoms with Crippen LogP contribution in [-0.4, -0.2) is 36.3 Å². The van der Waals surface area contributed by atoms with E-state index in [1.54, 1.807) is 11.5 Å². The molecule has 8 heteroatoms. The van der Waals surface area contributed by atoms with Gasteiger partial charge in [-0.05, 0) is 55.0 Å². The molecule has 0 N–H and O–H groups in total.